The summed E-state index contributed by atoms with van der Waals surface area (Å²) in [5, 5.41) is 0. The quantitative estimate of drug-likeness (QED) is 0.258. The van der Waals surface area contributed by atoms with Crippen LogP contribution in [0.15, 0.2) is 78.9 Å². The lowest BCUT2D eigenvalue weighted by atomic mass is 9.92. The Hall–Kier alpha value is -3.40. The summed E-state index contributed by atoms with van der Waals surface area (Å²) in [5.74, 6) is -1.53. The van der Waals surface area contributed by atoms with E-state index in [0.717, 1.165) is 18.4 Å². The fourth-order valence-corrected chi connectivity index (χ4v) is 4.07. The number of alkyl halides is 2. The summed E-state index contributed by atoms with van der Waals surface area (Å²) >= 11 is 0. The van der Waals surface area contributed by atoms with Gasteiger partial charge in [0.15, 0.2) is 0 Å². The molecule has 33 heavy (non-hydrogen) atoms. The van der Waals surface area contributed by atoms with Crippen LogP contribution in [0.3, 0.4) is 0 Å². The van der Waals surface area contributed by atoms with Crippen LogP contribution in [0, 0.1) is 18.6 Å². The summed E-state index contributed by atoms with van der Waals surface area (Å²) in [6.45, 7) is 3.99. The molecule has 0 fully saturated rings. The summed E-state index contributed by atoms with van der Waals surface area (Å²) in [7, 11) is 0. The number of halogens is 4. The van der Waals surface area contributed by atoms with Gasteiger partial charge in [0.1, 0.15) is 11.6 Å². The van der Waals surface area contributed by atoms with Gasteiger partial charge in [0, 0.05) is 11.1 Å². The molecule has 0 atom stereocenters. The maximum absolute atomic E-state index is 15.2. The minimum atomic E-state index is -3.04. The summed E-state index contributed by atoms with van der Waals surface area (Å²) in [4.78, 5) is 0. The first-order chi connectivity index (χ1) is 15.9. The Bertz CT molecular complexity index is 1260. The third-order valence-electron chi connectivity index (χ3n) is 5.84. The lowest BCUT2D eigenvalue weighted by molar-refractivity contribution is 0.147. The Morgan fingerprint density at radius 1 is 0.667 bits per heavy atom. The molecule has 0 unspecified atom stereocenters. The fourth-order valence-electron chi connectivity index (χ4n) is 4.07. The Kier molecular flexibility index (Phi) is 6.64. The van der Waals surface area contributed by atoms with Gasteiger partial charge in [-0.15, -0.1) is 0 Å². The molecule has 0 aliphatic carbocycles. The normalized spacial score (nSPS) is 11.2. The fraction of sp³-hybridized carbons (Fsp3) is 0.172. The Labute approximate surface area is 191 Å². The molecule has 0 N–H and O–H groups in total. The van der Waals surface area contributed by atoms with E-state index in [0.29, 0.717) is 16.7 Å². The van der Waals surface area contributed by atoms with E-state index in [-0.39, 0.29) is 16.7 Å². The van der Waals surface area contributed by atoms with Gasteiger partial charge in [0.25, 0.3) is 6.43 Å². The lowest BCUT2D eigenvalue weighted by Crippen LogP contribution is -1.99. The molecule has 4 aromatic carbocycles. The molecule has 4 aromatic rings. The summed E-state index contributed by atoms with van der Waals surface area (Å²) in [6.07, 6.45) is -1.07. The monoisotopic (exact) mass is 448 g/mol. The van der Waals surface area contributed by atoms with Crippen molar-refractivity contribution in [1.82, 2.24) is 0 Å². The van der Waals surface area contributed by atoms with E-state index < -0.39 is 23.6 Å². The zero-order chi connectivity index (χ0) is 23.5. The standard InChI is InChI=1S/C29H24F4/c1-3-4-19-7-11-20(12-8-19)23-14-13-22(17-26(23)30)24-15-16-25(28(31)27(24)29(32)33)21-9-5-18(2)6-10-21/h5-17,29H,3-4H2,1-2H3. The van der Waals surface area contributed by atoms with Crippen LogP contribution in [0.5, 0.6) is 0 Å². The van der Waals surface area contributed by atoms with Gasteiger partial charge < -0.3 is 0 Å². The minimum absolute atomic E-state index is 0.0119. The molecule has 0 aliphatic heterocycles. The molecule has 0 aromatic heterocycles. The van der Waals surface area contributed by atoms with Gasteiger partial charge in [-0.1, -0.05) is 91.7 Å². The van der Waals surface area contributed by atoms with E-state index in [1.165, 1.54) is 23.8 Å². The van der Waals surface area contributed by atoms with Crippen LogP contribution in [0.2, 0.25) is 0 Å². The number of hydrogen-bond acceptors (Lipinski definition) is 0. The topological polar surface area (TPSA) is 0 Å². The number of aryl methyl sites for hydroxylation is 2. The SMILES string of the molecule is CCCc1ccc(-c2ccc(-c3ccc(-c4ccc(C)cc4)c(F)c3C(F)F)cc2F)cc1. The highest BCUT2D eigenvalue weighted by Crippen LogP contribution is 2.39. The van der Waals surface area contributed by atoms with Crippen molar-refractivity contribution < 1.29 is 17.6 Å². The van der Waals surface area contributed by atoms with Crippen molar-refractivity contribution in [3.63, 3.8) is 0 Å². The molecule has 168 valence electrons. The van der Waals surface area contributed by atoms with E-state index in [2.05, 4.69) is 6.92 Å². The average Bonchev–Trinajstić information content (AvgIpc) is 2.80. The highest BCUT2D eigenvalue weighted by Gasteiger charge is 2.23. The van der Waals surface area contributed by atoms with E-state index >= 15 is 8.78 Å². The molecule has 4 rings (SSSR count). The van der Waals surface area contributed by atoms with E-state index in [9.17, 15) is 8.78 Å². The number of benzene rings is 4. The highest BCUT2D eigenvalue weighted by atomic mass is 19.3. The first kappa shape index (κ1) is 22.8. The molecule has 0 saturated carbocycles. The zero-order valence-electron chi connectivity index (χ0n) is 18.5. The third-order valence-corrected chi connectivity index (χ3v) is 5.84. The maximum Gasteiger partial charge on any atom is 0.267 e. The smallest absolute Gasteiger partial charge is 0.206 e. The molecule has 0 heterocycles. The van der Waals surface area contributed by atoms with Crippen molar-refractivity contribution in [1.29, 1.82) is 0 Å². The summed E-state index contributed by atoms with van der Waals surface area (Å²) in [6, 6.07) is 21.8. The van der Waals surface area contributed by atoms with Crippen molar-refractivity contribution in [3.05, 3.63) is 107 Å². The van der Waals surface area contributed by atoms with E-state index in [4.69, 9.17) is 0 Å². The van der Waals surface area contributed by atoms with Crippen molar-refractivity contribution in [2.24, 2.45) is 0 Å². The van der Waals surface area contributed by atoms with E-state index in [1.807, 2.05) is 31.2 Å². The number of hydrogen-bond donors (Lipinski definition) is 0. The van der Waals surface area contributed by atoms with Gasteiger partial charge in [-0.05, 0) is 47.2 Å². The van der Waals surface area contributed by atoms with Crippen LogP contribution in [0.1, 0.15) is 36.5 Å². The second kappa shape index (κ2) is 9.62. The van der Waals surface area contributed by atoms with Crippen LogP contribution in [-0.4, -0.2) is 0 Å². The molecule has 0 amide bonds. The van der Waals surface area contributed by atoms with Gasteiger partial charge in [-0.2, -0.15) is 0 Å². The Balaban J connectivity index is 1.74. The first-order valence-corrected chi connectivity index (χ1v) is 11.0. The van der Waals surface area contributed by atoms with Crippen molar-refractivity contribution >= 4 is 0 Å². The molecule has 0 bridgehead atoms. The van der Waals surface area contributed by atoms with Crippen LogP contribution in [0.4, 0.5) is 17.6 Å². The average molecular weight is 449 g/mol. The highest BCUT2D eigenvalue weighted by molar-refractivity contribution is 5.77. The maximum atomic E-state index is 15.2. The molecular weight excluding hydrogens is 424 g/mol. The first-order valence-electron chi connectivity index (χ1n) is 11.0. The molecule has 0 saturated heterocycles. The lowest BCUT2D eigenvalue weighted by Gasteiger charge is -2.15. The zero-order valence-corrected chi connectivity index (χ0v) is 18.5. The van der Waals surface area contributed by atoms with Gasteiger partial charge in [-0.25, -0.2) is 17.6 Å². The summed E-state index contributed by atoms with van der Waals surface area (Å²) < 4.78 is 58.1. The van der Waals surface area contributed by atoms with Crippen LogP contribution < -0.4 is 0 Å². The van der Waals surface area contributed by atoms with Gasteiger partial charge in [0.2, 0.25) is 0 Å². The van der Waals surface area contributed by atoms with Crippen LogP contribution >= 0.6 is 0 Å². The van der Waals surface area contributed by atoms with Gasteiger partial charge >= 0.3 is 0 Å². The largest absolute Gasteiger partial charge is 0.267 e. The minimum Gasteiger partial charge on any atom is -0.206 e. The number of rotatable bonds is 6. The second-order valence-corrected chi connectivity index (χ2v) is 8.20. The second-order valence-electron chi connectivity index (χ2n) is 8.20. The molecule has 0 radical (unpaired) electrons. The van der Waals surface area contributed by atoms with Crippen molar-refractivity contribution in [2.75, 3.05) is 0 Å². The summed E-state index contributed by atoms with van der Waals surface area (Å²) in [5.41, 5.74) is 3.32. The van der Waals surface area contributed by atoms with Crippen LogP contribution in [-0.2, 0) is 6.42 Å². The molecule has 0 spiro atoms. The molecular formula is C29H24F4. The Morgan fingerprint density at radius 2 is 1.21 bits per heavy atom. The van der Waals surface area contributed by atoms with E-state index in [1.54, 1.807) is 36.4 Å². The molecule has 0 nitrogen and oxygen atoms in total. The third kappa shape index (κ3) is 4.70. The van der Waals surface area contributed by atoms with Gasteiger partial charge in [0.05, 0.1) is 5.56 Å². The predicted molar refractivity (Wildman–Crippen MR) is 126 cm³/mol. The van der Waals surface area contributed by atoms with Crippen molar-refractivity contribution in [3.8, 4) is 33.4 Å². The van der Waals surface area contributed by atoms with Gasteiger partial charge in [-0.3, -0.25) is 0 Å². The molecule has 4 heteroatoms. The predicted octanol–water partition coefficient (Wildman–Crippen LogP) is 9.16. The van der Waals surface area contributed by atoms with Crippen LogP contribution in [0.25, 0.3) is 33.4 Å². The Morgan fingerprint density at radius 3 is 1.82 bits per heavy atom. The van der Waals surface area contributed by atoms with Crippen molar-refractivity contribution in [2.45, 2.75) is 33.1 Å². The molecule has 0 aliphatic rings.